The zero-order valence-corrected chi connectivity index (χ0v) is 7.33. The van der Waals surface area contributed by atoms with Crippen LogP contribution < -0.4 is 5.32 Å². The standard InChI is InChI=1S/C9H10N2O2/c1-10-8(12)9-11-6-4-2-3-5-7(6)13-9/h2,4H,3,5H2,1H3,(H,10,12). The number of nitrogens with zero attached hydrogens (tertiary/aromatic N) is 1. The maximum absolute atomic E-state index is 11.1. The fourth-order valence-electron chi connectivity index (χ4n) is 1.29. The Morgan fingerprint density at radius 1 is 1.69 bits per heavy atom. The first-order valence-electron chi connectivity index (χ1n) is 4.19. The van der Waals surface area contributed by atoms with E-state index >= 15 is 0 Å². The highest BCUT2D eigenvalue weighted by Crippen LogP contribution is 2.19. The number of hydrogen-bond acceptors (Lipinski definition) is 3. The number of carbonyl (C=O) groups is 1. The van der Waals surface area contributed by atoms with Crippen molar-refractivity contribution in [2.75, 3.05) is 7.05 Å². The molecule has 0 spiro atoms. The summed E-state index contributed by atoms with van der Waals surface area (Å²) in [4.78, 5) is 15.2. The summed E-state index contributed by atoms with van der Waals surface area (Å²) in [6, 6.07) is 0. The van der Waals surface area contributed by atoms with Gasteiger partial charge in [0.15, 0.2) is 0 Å². The number of nitrogens with one attached hydrogen (secondary N) is 1. The van der Waals surface area contributed by atoms with Gasteiger partial charge in [0.25, 0.3) is 5.89 Å². The minimum Gasteiger partial charge on any atom is -0.437 e. The Kier molecular flexibility index (Phi) is 1.88. The highest BCUT2D eigenvalue weighted by atomic mass is 16.4. The van der Waals surface area contributed by atoms with E-state index in [2.05, 4.69) is 10.3 Å². The molecular weight excluding hydrogens is 168 g/mol. The molecule has 0 saturated heterocycles. The second kappa shape index (κ2) is 3.05. The van der Waals surface area contributed by atoms with Crippen molar-refractivity contribution < 1.29 is 9.21 Å². The Morgan fingerprint density at radius 2 is 2.54 bits per heavy atom. The molecule has 4 heteroatoms. The highest BCUT2D eigenvalue weighted by Gasteiger charge is 2.17. The van der Waals surface area contributed by atoms with E-state index in [9.17, 15) is 4.79 Å². The Balaban J connectivity index is 2.36. The van der Waals surface area contributed by atoms with Gasteiger partial charge in [-0.3, -0.25) is 4.79 Å². The molecule has 1 heterocycles. The molecule has 0 bridgehead atoms. The van der Waals surface area contributed by atoms with Gasteiger partial charge in [-0.1, -0.05) is 6.08 Å². The van der Waals surface area contributed by atoms with E-state index in [1.807, 2.05) is 12.2 Å². The van der Waals surface area contributed by atoms with Crippen LogP contribution in [0.4, 0.5) is 0 Å². The Hall–Kier alpha value is -1.58. The number of rotatable bonds is 1. The Morgan fingerprint density at radius 3 is 3.23 bits per heavy atom. The quantitative estimate of drug-likeness (QED) is 0.697. The van der Waals surface area contributed by atoms with Crippen LogP contribution in [-0.2, 0) is 6.42 Å². The molecule has 1 aromatic rings. The molecule has 13 heavy (non-hydrogen) atoms. The summed E-state index contributed by atoms with van der Waals surface area (Å²) in [7, 11) is 1.56. The number of fused-ring (bicyclic) bond motifs is 1. The molecule has 68 valence electrons. The van der Waals surface area contributed by atoms with Crippen molar-refractivity contribution in [1.29, 1.82) is 0 Å². The molecule has 0 unspecified atom stereocenters. The summed E-state index contributed by atoms with van der Waals surface area (Å²) in [5.41, 5.74) is 0.782. The van der Waals surface area contributed by atoms with Crippen molar-refractivity contribution in [1.82, 2.24) is 10.3 Å². The van der Waals surface area contributed by atoms with E-state index in [-0.39, 0.29) is 11.8 Å². The third-order valence-corrected chi connectivity index (χ3v) is 1.96. The van der Waals surface area contributed by atoms with Crippen molar-refractivity contribution >= 4 is 12.0 Å². The maximum atomic E-state index is 11.1. The predicted molar refractivity (Wildman–Crippen MR) is 47.2 cm³/mol. The third kappa shape index (κ3) is 1.35. The zero-order valence-electron chi connectivity index (χ0n) is 7.33. The van der Waals surface area contributed by atoms with Crippen LogP contribution in [0.15, 0.2) is 10.5 Å². The van der Waals surface area contributed by atoms with Crippen molar-refractivity contribution in [2.45, 2.75) is 12.8 Å². The largest absolute Gasteiger partial charge is 0.437 e. The van der Waals surface area contributed by atoms with E-state index in [4.69, 9.17) is 4.42 Å². The molecule has 1 aromatic heterocycles. The molecule has 0 fully saturated rings. The van der Waals surface area contributed by atoms with Gasteiger partial charge in [0.2, 0.25) is 0 Å². The normalized spacial score (nSPS) is 13.9. The first kappa shape index (κ1) is 8.04. The van der Waals surface area contributed by atoms with E-state index in [1.165, 1.54) is 0 Å². The van der Waals surface area contributed by atoms with Gasteiger partial charge in [-0.25, -0.2) is 4.98 Å². The van der Waals surface area contributed by atoms with Gasteiger partial charge in [0, 0.05) is 13.5 Å². The van der Waals surface area contributed by atoms with Crippen LogP contribution in [0.3, 0.4) is 0 Å². The van der Waals surface area contributed by atoms with Crippen LogP contribution >= 0.6 is 0 Å². The van der Waals surface area contributed by atoms with Gasteiger partial charge < -0.3 is 9.73 Å². The Bertz CT molecular complexity index is 366. The molecule has 1 aliphatic carbocycles. The first-order chi connectivity index (χ1) is 6.31. The second-order valence-electron chi connectivity index (χ2n) is 2.85. The lowest BCUT2D eigenvalue weighted by Crippen LogP contribution is -2.17. The maximum Gasteiger partial charge on any atom is 0.306 e. The smallest absolute Gasteiger partial charge is 0.306 e. The third-order valence-electron chi connectivity index (χ3n) is 1.96. The monoisotopic (exact) mass is 178 g/mol. The number of allylic oxidation sites excluding steroid dienone is 1. The SMILES string of the molecule is CNC(=O)c1nc2c(o1)CCC=C2. The van der Waals surface area contributed by atoms with Crippen molar-refractivity contribution in [3.8, 4) is 0 Å². The average molecular weight is 178 g/mol. The van der Waals surface area contributed by atoms with Crippen molar-refractivity contribution in [2.24, 2.45) is 0 Å². The molecule has 1 N–H and O–H groups in total. The summed E-state index contributed by atoms with van der Waals surface area (Å²) < 4.78 is 5.28. The van der Waals surface area contributed by atoms with Crippen LogP contribution in [-0.4, -0.2) is 17.9 Å². The lowest BCUT2D eigenvalue weighted by Gasteiger charge is -1.98. The van der Waals surface area contributed by atoms with Crippen LogP contribution in [0, 0.1) is 0 Å². The molecule has 4 nitrogen and oxygen atoms in total. The van der Waals surface area contributed by atoms with Crippen molar-refractivity contribution in [3.05, 3.63) is 23.4 Å². The van der Waals surface area contributed by atoms with E-state index < -0.39 is 0 Å². The number of aromatic nitrogens is 1. The van der Waals surface area contributed by atoms with Gasteiger partial charge in [-0.2, -0.15) is 0 Å². The lowest BCUT2D eigenvalue weighted by molar-refractivity contribution is 0.0927. The number of amides is 1. The van der Waals surface area contributed by atoms with Crippen molar-refractivity contribution in [3.63, 3.8) is 0 Å². The van der Waals surface area contributed by atoms with E-state index in [0.29, 0.717) is 0 Å². The minimum absolute atomic E-state index is 0.152. The molecule has 0 aliphatic heterocycles. The first-order valence-corrected chi connectivity index (χ1v) is 4.19. The summed E-state index contributed by atoms with van der Waals surface area (Å²) in [5, 5.41) is 2.47. The van der Waals surface area contributed by atoms with Crippen LogP contribution in [0.1, 0.15) is 28.6 Å². The number of carbonyl (C=O) groups excluding carboxylic acids is 1. The van der Waals surface area contributed by atoms with Gasteiger partial charge in [-0.05, 0) is 12.5 Å². The molecule has 1 aliphatic rings. The van der Waals surface area contributed by atoms with Gasteiger partial charge in [-0.15, -0.1) is 0 Å². The van der Waals surface area contributed by atoms with E-state index in [1.54, 1.807) is 7.05 Å². The fraction of sp³-hybridized carbons (Fsp3) is 0.333. The molecule has 0 aromatic carbocycles. The van der Waals surface area contributed by atoms with Gasteiger partial charge in [0.05, 0.1) is 0 Å². The van der Waals surface area contributed by atoms with Gasteiger partial charge in [0.1, 0.15) is 11.5 Å². The molecular formula is C9H10N2O2. The molecule has 2 rings (SSSR count). The molecule has 0 saturated carbocycles. The molecule has 0 atom stereocenters. The number of aryl methyl sites for hydroxylation is 1. The summed E-state index contributed by atoms with van der Waals surface area (Å²) >= 11 is 0. The van der Waals surface area contributed by atoms with Crippen LogP contribution in [0.25, 0.3) is 6.08 Å². The predicted octanol–water partition coefficient (Wildman–Crippen LogP) is 0.994. The van der Waals surface area contributed by atoms with Gasteiger partial charge >= 0.3 is 5.91 Å². The lowest BCUT2D eigenvalue weighted by atomic mass is 10.1. The minimum atomic E-state index is -0.275. The molecule has 0 radical (unpaired) electrons. The zero-order chi connectivity index (χ0) is 9.26. The molecule has 1 amide bonds. The van der Waals surface area contributed by atoms with E-state index in [0.717, 1.165) is 24.3 Å². The number of oxazole rings is 1. The number of hydrogen-bond donors (Lipinski definition) is 1. The fourth-order valence-corrected chi connectivity index (χ4v) is 1.29. The summed E-state index contributed by atoms with van der Waals surface area (Å²) in [5.74, 6) is 0.683. The summed E-state index contributed by atoms with van der Waals surface area (Å²) in [6.45, 7) is 0. The summed E-state index contributed by atoms with van der Waals surface area (Å²) in [6.07, 6.45) is 5.69. The van der Waals surface area contributed by atoms with Crippen LogP contribution in [0.2, 0.25) is 0 Å². The highest BCUT2D eigenvalue weighted by molar-refractivity contribution is 5.89. The Labute approximate surface area is 75.7 Å². The second-order valence-corrected chi connectivity index (χ2v) is 2.85. The topological polar surface area (TPSA) is 55.1 Å². The average Bonchev–Trinajstić information content (AvgIpc) is 2.59. The van der Waals surface area contributed by atoms with Crippen LogP contribution in [0.5, 0.6) is 0 Å².